The van der Waals surface area contributed by atoms with E-state index < -0.39 is 0 Å². The molecular formula is C19H16N4O2. The number of ether oxygens (including phenoxy) is 1. The average Bonchev–Trinajstić information content (AvgIpc) is 3.40. The van der Waals surface area contributed by atoms with Crippen molar-refractivity contribution in [3.05, 3.63) is 42.5 Å². The van der Waals surface area contributed by atoms with E-state index >= 15 is 0 Å². The molecule has 1 amide bonds. The highest BCUT2D eigenvalue weighted by Crippen LogP contribution is 2.30. The van der Waals surface area contributed by atoms with Crippen LogP contribution in [0, 0.1) is 18.3 Å². The first-order valence-corrected chi connectivity index (χ1v) is 8.08. The van der Waals surface area contributed by atoms with Crippen LogP contribution < -0.4 is 10.1 Å². The van der Waals surface area contributed by atoms with Crippen LogP contribution in [0.4, 0.5) is 5.95 Å². The first-order valence-electron chi connectivity index (χ1n) is 8.08. The standard InChI is InChI=1S/C19H16N4O2/c1-2-12-25-15-10-8-13(9-11-15)16-4-3-5-17-20-19(22-23(16)17)21-18(24)14-6-7-14/h1,3-5,8-11,14H,6-7,12H2,(H,21,22,24). The number of hydrogen-bond donors (Lipinski definition) is 1. The molecule has 25 heavy (non-hydrogen) atoms. The van der Waals surface area contributed by atoms with E-state index in [0.29, 0.717) is 17.3 Å². The van der Waals surface area contributed by atoms with E-state index in [2.05, 4.69) is 21.3 Å². The van der Waals surface area contributed by atoms with Gasteiger partial charge in [-0.25, -0.2) is 4.52 Å². The highest BCUT2D eigenvalue weighted by atomic mass is 16.5. The average molecular weight is 332 g/mol. The third kappa shape index (κ3) is 3.17. The van der Waals surface area contributed by atoms with Crippen LogP contribution in [0.5, 0.6) is 5.75 Å². The number of terminal acetylenes is 1. The van der Waals surface area contributed by atoms with E-state index in [1.54, 1.807) is 4.52 Å². The van der Waals surface area contributed by atoms with E-state index in [4.69, 9.17) is 11.2 Å². The molecule has 1 aliphatic carbocycles. The maximum Gasteiger partial charge on any atom is 0.249 e. The third-order valence-electron chi connectivity index (χ3n) is 4.02. The molecule has 1 fully saturated rings. The number of anilines is 1. The van der Waals surface area contributed by atoms with Gasteiger partial charge in [-0.2, -0.15) is 4.98 Å². The maximum absolute atomic E-state index is 11.9. The minimum absolute atomic E-state index is 0.00697. The summed E-state index contributed by atoms with van der Waals surface area (Å²) in [6.07, 6.45) is 7.08. The molecule has 6 nitrogen and oxygen atoms in total. The number of aromatic nitrogens is 3. The molecule has 0 atom stereocenters. The highest BCUT2D eigenvalue weighted by molar-refractivity contribution is 5.92. The topological polar surface area (TPSA) is 68.5 Å². The SMILES string of the molecule is C#CCOc1ccc(-c2cccc3nc(NC(=O)C4CC4)nn23)cc1. The Kier molecular flexibility index (Phi) is 3.82. The van der Waals surface area contributed by atoms with E-state index in [1.165, 1.54) is 0 Å². The van der Waals surface area contributed by atoms with Crippen molar-refractivity contribution in [3.8, 4) is 29.4 Å². The summed E-state index contributed by atoms with van der Waals surface area (Å²) in [7, 11) is 0. The summed E-state index contributed by atoms with van der Waals surface area (Å²) in [4.78, 5) is 16.3. The lowest BCUT2D eigenvalue weighted by Crippen LogP contribution is -2.14. The van der Waals surface area contributed by atoms with Gasteiger partial charge in [-0.05, 0) is 49.2 Å². The highest BCUT2D eigenvalue weighted by Gasteiger charge is 2.30. The fourth-order valence-corrected chi connectivity index (χ4v) is 2.58. The second-order valence-corrected chi connectivity index (χ2v) is 5.90. The summed E-state index contributed by atoms with van der Waals surface area (Å²) >= 11 is 0. The molecule has 0 saturated heterocycles. The summed E-state index contributed by atoms with van der Waals surface area (Å²) in [6, 6.07) is 13.3. The van der Waals surface area contributed by atoms with Gasteiger partial charge in [0.25, 0.3) is 0 Å². The minimum atomic E-state index is -0.00697. The smallest absolute Gasteiger partial charge is 0.249 e. The molecule has 0 spiro atoms. The monoisotopic (exact) mass is 332 g/mol. The molecule has 0 unspecified atom stereocenters. The van der Waals surface area contributed by atoms with Crippen LogP contribution in [0.1, 0.15) is 12.8 Å². The van der Waals surface area contributed by atoms with Crippen molar-refractivity contribution in [2.24, 2.45) is 5.92 Å². The fraction of sp³-hybridized carbons (Fsp3) is 0.211. The number of benzene rings is 1. The van der Waals surface area contributed by atoms with Gasteiger partial charge in [0.1, 0.15) is 12.4 Å². The Morgan fingerprint density at radius 3 is 2.80 bits per heavy atom. The van der Waals surface area contributed by atoms with Crippen LogP contribution >= 0.6 is 0 Å². The Morgan fingerprint density at radius 2 is 2.08 bits per heavy atom. The van der Waals surface area contributed by atoms with Gasteiger partial charge >= 0.3 is 0 Å². The van der Waals surface area contributed by atoms with Crippen molar-refractivity contribution < 1.29 is 9.53 Å². The Labute approximate surface area is 144 Å². The molecular weight excluding hydrogens is 316 g/mol. The van der Waals surface area contributed by atoms with Gasteiger partial charge in [-0.1, -0.05) is 12.0 Å². The normalized spacial score (nSPS) is 13.4. The van der Waals surface area contributed by atoms with Crippen molar-refractivity contribution >= 4 is 17.5 Å². The van der Waals surface area contributed by atoms with Gasteiger partial charge in [-0.3, -0.25) is 10.1 Å². The third-order valence-corrected chi connectivity index (χ3v) is 4.02. The molecule has 0 bridgehead atoms. The molecule has 2 aromatic heterocycles. The summed E-state index contributed by atoms with van der Waals surface area (Å²) < 4.78 is 7.11. The zero-order chi connectivity index (χ0) is 17.2. The van der Waals surface area contributed by atoms with E-state index in [0.717, 1.165) is 24.1 Å². The Bertz CT molecular complexity index is 965. The number of fused-ring (bicyclic) bond motifs is 1. The lowest BCUT2D eigenvalue weighted by atomic mass is 10.1. The first kappa shape index (κ1) is 15.2. The van der Waals surface area contributed by atoms with Crippen molar-refractivity contribution in [1.29, 1.82) is 0 Å². The predicted molar refractivity (Wildman–Crippen MR) is 94.1 cm³/mol. The molecule has 3 aromatic rings. The molecule has 1 aromatic carbocycles. The number of pyridine rings is 1. The molecule has 1 aliphatic rings. The lowest BCUT2D eigenvalue weighted by molar-refractivity contribution is -0.117. The zero-order valence-electron chi connectivity index (χ0n) is 13.5. The molecule has 6 heteroatoms. The van der Waals surface area contributed by atoms with Gasteiger partial charge in [-0.15, -0.1) is 11.5 Å². The van der Waals surface area contributed by atoms with Gasteiger partial charge in [0.2, 0.25) is 11.9 Å². The van der Waals surface area contributed by atoms with Crippen LogP contribution in [0.3, 0.4) is 0 Å². The van der Waals surface area contributed by atoms with Crippen molar-refractivity contribution in [3.63, 3.8) is 0 Å². The summed E-state index contributed by atoms with van der Waals surface area (Å²) in [5.41, 5.74) is 2.51. The van der Waals surface area contributed by atoms with Gasteiger partial charge in [0.05, 0.1) is 5.69 Å². The predicted octanol–water partition coefficient (Wildman–Crippen LogP) is 2.76. The molecule has 124 valence electrons. The van der Waals surface area contributed by atoms with Crippen molar-refractivity contribution in [2.75, 3.05) is 11.9 Å². The van der Waals surface area contributed by atoms with Crippen LogP contribution in [-0.4, -0.2) is 27.1 Å². The Hall–Kier alpha value is -3.33. The molecule has 4 rings (SSSR count). The van der Waals surface area contributed by atoms with Crippen LogP contribution in [-0.2, 0) is 4.79 Å². The number of carbonyl (C=O) groups is 1. The number of hydrogen-bond acceptors (Lipinski definition) is 4. The lowest BCUT2D eigenvalue weighted by Gasteiger charge is -2.06. The van der Waals surface area contributed by atoms with Gasteiger partial charge in [0, 0.05) is 11.5 Å². The zero-order valence-corrected chi connectivity index (χ0v) is 13.5. The number of rotatable bonds is 5. The molecule has 2 heterocycles. The first-order chi connectivity index (χ1) is 12.2. The van der Waals surface area contributed by atoms with Crippen LogP contribution in [0.25, 0.3) is 16.9 Å². The van der Waals surface area contributed by atoms with Gasteiger partial charge in [0.15, 0.2) is 5.65 Å². The Morgan fingerprint density at radius 1 is 1.28 bits per heavy atom. The van der Waals surface area contributed by atoms with E-state index in [1.807, 2.05) is 42.5 Å². The number of nitrogens with zero attached hydrogens (tertiary/aromatic N) is 3. The van der Waals surface area contributed by atoms with Crippen LogP contribution in [0.15, 0.2) is 42.5 Å². The number of nitrogens with one attached hydrogen (secondary N) is 1. The quantitative estimate of drug-likeness (QED) is 0.730. The second kappa shape index (κ2) is 6.29. The maximum atomic E-state index is 11.9. The fourth-order valence-electron chi connectivity index (χ4n) is 2.58. The van der Waals surface area contributed by atoms with E-state index in [9.17, 15) is 4.79 Å². The minimum Gasteiger partial charge on any atom is -0.481 e. The summed E-state index contributed by atoms with van der Waals surface area (Å²) in [5.74, 6) is 3.59. The van der Waals surface area contributed by atoms with E-state index in [-0.39, 0.29) is 18.4 Å². The van der Waals surface area contributed by atoms with Crippen molar-refractivity contribution in [1.82, 2.24) is 14.6 Å². The molecule has 0 aliphatic heterocycles. The number of carbonyl (C=O) groups excluding carboxylic acids is 1. The van der Waals surface area contributed by atoms with Gasteiger partial charge < -0.3 is 4.74 Å². The molecule has 1 saturated carbocycles. The van der Waals surface area contributed by atoms with Crippen LogP contribution in [0.2, 0.25) is 0 Å². The Balaban J connectivity index is 1.63. The molecule has 1 N–H and O–H groups in total. The summed E-state index contributed by atoms with van der Waals surface area (Å²) in [5, 5.41) is 7.21. The number of amides is 1. The summed E-state index contributed by atoms with van der Waals surface area (Å²) in [6.45, 7) is 0.238. The second-order valence-electron chi connectivity index (χ2n) is 5.90. The molecule has 0 radical (unpaired) electrons. The largest absolute Gasteiger partial charge is 0.481 e. The van der Waals surface area contributed by atoms with Crippen molar-refractivity contribution in [2.45, 2.75) is 12.8 Å².